The molecule has 6 nitrogen and oxygen atoms in total. The van der Waals surface area contributed by atoms with Gasteiger partial charge in [0.25, 0.3) is 5.91 Å². The maximum Gasteiger partial charge on any atom is 0.255 e. The molecule has 0 aliphatic carbocycles. The molecule has 0 bridgehead atoms. The van der Waals surface area contributed by atoms with Crippen LogP contribution in [0.15, 0.2) is 77.7 Å². The van der Waals surface area contributed by atoms with E-state index in [4.69, 9.17) is 5.21 Å². The standard InChI is InChI=1S/C24H24N4O2S/c1-16-21(22-10-2-3-11-23(22)26-16)12-13-25-31-20-9-4-6-17(14-20)24(29)27-18-7-5-8-19(15-18)28-30/h2-11,14-15,25-26,28,30H,12-13H2,1H3,(H,27,29). The van der Waals surface area contributed by atoms with Gasteiger partial charge in [0.15, 0.2) is 0 Å². The van der Waals surface area contributed by atoms with Gasteiger partial charge in [0, 0.05) is 39.3 Å². The highest BCUT2D eigenvalue weighted by Crippen LogP contribution is 2.23. The van der Waals surface area contributed by atoms with Crippen molar-refractivity contribution in [3.63, 3.8) is 0 Å². The van der Waals surface area contributed by atoms with Crippen LogP contribution < -0.4 is 15.5 Å². The fraction of sp³-hybridized carbons (Fsp3) is 0.125. The van der Waals surface area contributed by atoms with Gasteiger partial charge in [-0.1, -0.05) is 30.3 Å². The summed E-state index contributed by atoms with van der Waals surface area (Å²) in [5.74, 6) is -0.202. The number of rotatable bonds is 8. The number of hydrogen-bond donors (Lipinski definition) is 5. The molecular formula is C24H24N4O2S. The molecule has 0 radical (unpaired) electrons. The number of amides is 1. The molecule has 0 aliphatic rings. The Morgan fingerprint density at radius 3 is 2.68 bits per heavy atom. The third-order valence-electron chi connectivity index (χ3n) is 5.04. The fourth-order valence-corrected chi connectivity index (χ4v) is 4.24. The molecule has 5 N–H and O–H groups in total. The molecule has 0 atom stereocenters. The average molecular weight is 433 g/mol. The molecule has 1 amide bonds. The Morgan fingerprint density at radius 2 is 1.81 bits per heavy atom. The number of nitrogens with one attached hydrogen (secondary N) is 4. The Kier molecular flexibility index (Phi) is 6.57. The summed E-state index contributed by atoms with van der Waals surface area (Å²) < 4.78 is 3.40. The van der Waals surface area contributed by atoms with Crippen LogP contribution in [0.2, 0.25) is 0 Å². The fourth-order valence-electron chi connectivity index (χ4n) is 3.54. The van der Waals surface area contributed by atoms with Gasteiger partial charge in [-0.2, -0.15) is 0 Å². The number of hydrogen-bond acceptors (Lipinski definition) is 5. The van der Waals surface area contributed by atoms with E-state index in [9.17, 15) is 4.79 Å². The van der Waals surface area contributed by atoms with Crippen LogP contribution in [-0.4, -0.2) is 22.6 Å². The summed E-state index contributed by atoms with van der Waals surface area (Å²) in [6.45, 7) is 2.92. The molecule has 31 heavy (non-hydrogen) atoms. The van der Waals surface area contributed by atoms with Crippen LogP contribution in [0.4, 0.5) is 11.4 Å². The number of para-hydroxylation sites is 1. The lowest BCUT2D eigenvalue weighted by atomic mass is 10.1. The number of H-pyrrole nitrogens is 1. The van der Waals surface area contributed by atoms with Gasteiger partial charge in [-0.05, 0) is 73.3 Å². The molecule has 0 spiro atoms. The maximum atomic E-state index is 12.6. The van der Waals surface area contributed by atoms with Gasteiger partial charge in [-0.15, -0.1) is 0 Å². The molecule has 3 aromatic carbocycles. The molecule has 0 saturated carbocycles. The summed E-state index contributed by atoms with van der Waals surface area (Å²) in [4.78, 5) is 17.0. The van der Waals surface area contributed by atoms with Crippen LogP contribution in [0.5, 0.6) is 0 Å². The van der Waals surface area contributed by atoms with Gasteiger partial charge in [0.1, 0.15) is 0 Å². The molecule has 1 heterocycles. The second-order valence-corrected chi connectivity index (χ2v) is 8.16. The average Bonchev–Trinajstić information content (AvgIpc) is 3.12. The lowest BCUT2D eigenvalue weighted by Crippen LogP contribution is -2.12. The summed E-state index contributed by atoms with van der Waals surface area (Å²) in [7, 11) is 0. The molecule has 7 heteroatoms. The molecule has 158 valence electrons. The van der Waals surface area contributed by atoms with Crippen molar-refractivity contribution in [2.24, 2.45) is 0 Å². The number of fused-ring (bicyclic) bond motifs is 1. The lowest BCUT2D eigenvalue weighted by molar-refractivity contribution is 0.102. The zero-order valence-electron chi connectivity index (χ0n) is 17.1. The minimum atomic E-state index is -0.202. The van der Waals surface area contributed by atoms with Gasteiger partial charge in [-0.3, -0.25) is 20.2 Å². The minimum absolute atomic E-state index is 0.202. The van der Waals surface area contributed by atoms with E-state index in [2.05, 4.69) is 45.6 Å². The normalized spacial score (nSPS) is 10.9. The van der Waals surface area contributed by atoms with E-state index in [1.165, 1.54) is 34.1 Å². The lowest BCUT2D eigenvalue weighted by Gasteiger charge is -2.09. The molecule has 0 saturated heterocycles. The predicted molar refractivity (Wildman–Crippen MR) is 127 cm³/mol. The van der Waals surface area contributed by atoms with E-state index >= 15 is 0 Å². The monoisotopic (exact) mass is 432 g/mol. The van der Waals surface area contributed by atoms with E-state index in [1.807, 2.05) is 24.3 Å². The number of benzene rings is 3. The largest absolute Gasteiger partial charge is 0.358 e. The van der Waals surface area contributed by atoms with Crippen molar-refractivity contribution >= 4 is 40.1 Å². The zero-order chi connectivity index (χ0) is 21.6. The summed E-state index contributed by atoms with van der Waals surface area (Å²) in [6.07, 6.45) is 0.915. The third kappa shape index (κ3) is 5.08. The molecule has 4 rings (SSSR count). The van der Waals surface area contributed by atoms with Crippen molar-refractivity contribution in [2.45, 2.75) is 18.2 Å². The van der Waals surface area contributed by atoms with Crippen molar-refractivity contribution in [3.05, 3.63) is 89.6 Å². The van der Waals surface area contributed by atoms with Crippen molar-refractivity contribution < 1.29 is 10.0 Å². The highest BCUT2D eigenvalue weighted by Gasteiger charge is 2.09. The first kappa shape index (κ1) is 21.0. The highest BCUT2D eigenvalue weighted by atomic mass is 32.2. The Bertz CT molecular complexity index is 1210. The summed E-state index contributed by atoms with van der Waals surface area (Å²) in [5, 5.41) is 13.1. The SMILES string of the molecule is Cc1[nH]c2ccccc2c1CCNSc1cccc(C(=O)Nc2cccc(NO)c2)c1. The van der Waals surface area contributed by atoms with Crippen LogP contribution in [-0.2, 0) is 6.42 Å². The number of carbonyl (C=O) groups is 1. The van der Waals surface area contributed by atoms with Crippen LogP contribution in [0.3, 0.4) is 0 Å². The third-order valence-corrected chi connectivity index (χ3v) is 5.88. The van der Waals surface area contributed by atoms with E-state index < -0.39 is 0 Å². The van der Waals surface area contributed by atoms with Crippen LogP contribution in [0.1, 0.15) is 21.6 Å². The van der Waals surface area contributed by atoms with Crippen LogP contribution in [0.25, 0.3) is 10.9 Å². The van der Waals surface area contributed by atoms with E-state index in [1.54, 1.807) is 30.3 Å². The topological polar surface area (TPSA) is 89.2 Å². The van der Waals surface area contributed by atoms with Gasteiger partial charge in [0.05, 0.1) is 5.69 Å². The highest BCUT2D eigenvalue weighted by molar-refractivity contribution is 7.97. The Labute approximate surface area is 185 Å². The second kappa shape index (κ2) is 9.70. The maximum absolute atomic E-state index is 12.6. The number of carbonyl (C=O) groups excluding carboxylic acids is 1. The molecule has 0 unspecified atom stereocenters. The van der Waals surface area contributed by atoms with Gasteiger partial charge in [-0.25, -0.2) is 0 Å². The van der Waals surface area contributed by atoms with Gasteiger partial charge < -0.3 is 10.3 Å². The predicted octanol–water partition coefficient (Wildman–Crippen LogP) is 5.37. The summed E-state index contributed by atoms with van der Waals surface area (Å²) in [6, 6.07) is 22.7. The first-order valence-corrected chi connectivity index (χ1v) is 10.8. The minimum Gasteiger partial charge on any atom is -0.358 e. The van der Waals surface area contributed by atoms with Gasteiger partial charge in [0.2, 0.25) is 0 Å². The number of aromatic nitrogens is 1. The van der Waals surface area contributed by atoms with E-state index in [-0.39, 0.29) is 5.91 Å². The second-order valence-electron chi connectivity index (χ2n) is 7.20. The molecule has 0 aliphatic heterocycles. The van der Waals surface area contributed by atoms with Gasteiger partial charge >= 0.3 is 0 Å². The Hall–Kier alpha value is -3.26. The van der Waals surface area contributed by atoms with Crippen molar-refractivity contribution in [1.29, 1.82) is 0 Å². The first-order valence-electron chi connectivity index (χ1n) is 10.0. The quantitative estimate of drug-likeness (QED) is 0.147. The molecule has 1 aromatic heterocycles. The molecule has 4 aromatic rings. The van der Waals surface area contributed by atoms with Crippen LogP contribution >= 0.6 is 11.9 Å². The first-order chi connectivity index (χ1) is 15.1. The van der Waals surface area contributed by atoms with Crippen LogP contribution in [0, 0.1) is 6.92 Å². The van der Waals surface area contributed by atoms with E-state index in [0.29, 0.717) is 16.9 Å². The van der Waals surface area contributed by atoms with Crippen molar-refractivity contribution in [1.82, 2.24) is 9.71 Å². The number of aromatic amines is 1. The van der Waals surface area contributed by atoms with Crippen molar-refractivity contribution in [2.75, 3.05) is 17.3 Å². The number of aryl methyl sites for hydroxylation is 1. The summed E-state index contributed by atoms with van der Waals surface area (Å²) in [5.41, 5.74) is 7.46. The molecule has 0 fully saturated rings. The summed E-state index contributed by atoms with van der Waals surface area (Å²) >= 11 is 1.51. The van der Waals surface area contributed by atoms with Crippen molar-refractivity contribution in [3.8, 4) is 0 Å². The van der Waals surface area contributed by atoms with E-state index in [0.717, 1.165) is 17.9 Å². The Balaban J connectivity index is 1.34. The Morgan fingerprint density at radius 1 is 1.00 bits per heavy atom. The zero-order valence-corrected chi connectivity index (χ0v) is 17.9. The smallest absolute Gasteiger partial charge is 0.255 e. The molecular weight excluding hydrogens is 408 g/mol. The number of anilines is 2.